The van der Waals surface area contributed by atoms with Crippen molar-refractivity contribution < 1.29 is 0 Å². The first-order valence-electron chi connectivity index (χ1n) is 12.1. The summed E-state index contributed by atoms with van der Waals surface area (Å²) in [6, 6.07) is 27.0. The van der Waals surface area contributed by atoms with Crippen LogP contribution in [0.3, 0.4) is 0 Å². The van der Waals surface area contributed by atoms with E-state index in [1.807, 2.05) is 0 Å². The van der Waals surface area contributed by atoms with Crippen LogP contribution in [0.2, 0.25) is 0 Å². The monoisotopic (exact) mass is 398 g/mol. The summed E-state index contributed by atoms with van der Waals surface area (Å²) in [5.41, 5.74) is 8.62. The quantitative estimate of drug-likeness (QED) is 0.267. The van der Waals surface area contributed by atoms with Crippen molar-refractivity contribution in [2.75, 3.05) is 0 Å². The molecule has 0 heteroatoms. The van der Waals surface area contributed by atoms with Crippen LogP contribution < -0.4 is 0 Å². The first kappa shape index (κ1) is 22.3. The molecule has 0 nitrogen and oxygen atoms in total. The molecule has 3 rings (SSSR count). The lowest BCUT2D eigenvalue weighted by Gasteiger charge is -2.18. The van der Waals surface area contributed by atoms with Crippen LogP contribution in [0.25, 0.3) is 22.3 Å². The van der Waals surface area contributed by atoms with Gasteiger partial charge in [0.05, 0.1) is 0 Å². The predicted octanol–water partition coefficient (Wildman–Crippen LogP) is 9.27. The van der Waals surface area contributed by atoms with Crippen LogP contribution in [0.4, 0.5) is 0 Å². The van der Waals surface area contributed by atoms with Gasteiger partial charge < -0.3 is 0 Å². The Morgan fingerprint density at radius 2 is 0.867 bits per heavy atom. The van der Waals surface area contributed by atoms with Gasteiger partial charge in [0.2, 0.25) is 0 Å². The number of unbranched alkanes of at least 4 members (excludes halogenated alkanes) is 6. The molecule has 0 N–H and O–H groups in total. The third kappa shape index (κ3) is 6.33. The summed E-state index contributed by atoms with van der Waals surface area (Å²) >= 11 is 0. The fraction of sp³-hybridized carbons (Fsp3) is 0.400. The number of rotatable bonds is 12. The van der Waals surface area contributed by atoms with Crippen LogP contribution in [0.1, 0.15) is 76.3 Å². The molecule has 0 aliphatic rings. The fourth-order valence-corrected chi connectivity index (χ4v) is 4.36. The molecular weight excluding hydrogens is 360 g/mol. The van der Waals surface area contributed by atoms with E-state index in [0.29, 0.717) is 0 Å². The van der Waals surface area contributed by atoms with Gasteiger partial charge in [0.25, 0.3) is 0 Å². The van der Waals surface area contributed by atoms with E-state index in [-0.39, 0.29) is 0 Å². The molecule has 0 aliphatic heterocycles. The summed E-state index contributed by atoms with van der Waals surface area (Å²) in [6.07, 6.45) is 12.8. The first-order chi connectivity index (χ1) is 14.8. The highest BCUT2D eigenvalue weighted by Gasteiger charge is 2.13. The highest BCUT2D eigenvalue weighted by Crippen LogP contribution is 2.34. The Hall–Kier alpha value is -2.34. The van der Waals surface area contributed by atoms with Crippen LogP contribution in [-0.2, 0) is 12.8 Å². The van der Waals surface area contributed by atoms with Crippen LogP contribution in [0, 0.1) is 0 Å². The second kappa shape index (κ2) is 12.4. The molecule has 0 saturated heterocycles. The van der Waals surface area contributed by atoms with Gasteiger partial charge in [0, 0.05) is 0 Å². The Kier molecular flexibility index (Phi) is 9.22. The summed E-state index contributed by atoms with van der Waals surface area (Å²) in [6.45, 7) is 4.58. The Morgan fingerprint density at radius 1 is 0.467 bits per heavy atom. The van der Waals surface area contributed by atoms with E-state index in [0.717, 1.165) is 0 Å². The summed E-state index contributed by atoms with van der Waals surface area (Å²) < 4.78 is 0. The van der Waals surface area contributed by atoms with E-state index in [2.05, 4.69) is 86.6 Å². The Morgan fingerprint density at radius 3 is 1.23 bits per heavy atom. The van der Waals surface area contributed by atoms with Gasteiger partial charge in [-0.25, -0.2) is 0 Å². The van der Waals surface area contributed by atoms with Crippen molar-refractivity contribution in [1.29, 1.82) is 0 Å². The highest BCUT2D eigenvalue weighted by atomic mass is 14.2. The fourth-order valence-electron chi connectivity index (χ4n) is 4.36. The van der Waals surface area contributed by atoms with Crippen LogP contribution in [0.15, 0.2) is 72.8 Å². The van der Waals surface area contributed by atoms with Crippen molar-refractivity contribution in [2.45, 2.75) is 78.1 Å². The summed E-state index contributed by atoms with van der Waals surface area (Å²) in [4.78, 5) is 0. The van der Waals surface area contributed by atoms with Crippen molar-refractivity contribution >= 4 is 0 Å². The Labute approximate surface area is 184 Å². The maximum absolute atomic E-state index is 2.51. The standard InChI is InChI=1S/C30H38/c1-3-5-7-11-21-27-23-30(26-19-15-10-16-20-26)28(22-12-8-6-4-2)24-29(27)25-17-13-9-14-18-25/h9-10,13-20,23-24H,3-8,11-12,21-22H2,1-2H3. The lowest BCUT2D eigenvalue weighted by atomic mass is 9.87. The lowest BCUT2D eigenvalue weighted by molar-refractivity contribution is 0.664. The van der Waals surface area contributed by atoms with E-state index < -0.39 is 0 Å². The van der Waals surface area contributed by atoms with Gasteiger partial charge in [-0.1, -0.05) is 125 Å². The lowest BCUT2D eigenvalue weighted by Crippen LogP contribution is -1.98. The first-order valence-corrected chi connectivity index (χ1v) is 12.1. The number of hydrogen-bond donors (Lipinski definition) is 0. The van der Waals surface area contributed by atoms with Gasteiger partial charge in [-0.2, -0.15) is 0 Å². The second-order valence-corrected chi connectivity index (χ2v) is 8.52. The molecule has 0 bridgehead atoms. The molecule has 3 aromatic carbocycles. The molecule has 0 saturated carbocycles. The zero-order valence-electron chi connectivity index (χ0n) is 19.0. The maximum Gasteiger partial charge on any atom is -0.0149 e. The van der Waals surface area contributed by atoms with E-state index in [4.69, 9.17) is 0 Å². The van der Waals surface area contributed by atoms with Crippen molar-refractivity contribution in [1.82, 2.24) is 0 Å². The van der Waals surface area contributed by atoms with E-state index in [9.17, 15) is 0 Å². The smallest absolute Gasteiger partial charge is 0.0149 e. The van der Waals surface area contributed by atoms with Crippen molar-refractivity contribution in [2.24, 2.45) is 0 Å². The van der Waals surface area contributed by atoms with Gasteiger partial charge in [-0.05, 0) is 59.1 Å². The molecule has 0 fully saturated rings. The maximum atomic E-state index is 2.51. The van der Waals surface area contributed by atoms with Crippen molar-refractivity contribution in [3.8, 4) is 22.3 Å². The minimum Gasteiger partial charge on any atom is -0.0654 e. The average Bonchev–Trinajstić information content (AvgIpc) is 2.81. The number of aryl methyl sites for hydroxylation is 2. The van der Waals surface area contributed by atoms with Gasteiger partial charge in [-0.3, -0.25) is 0 Å². The highest BCUT2D eigenvalue weighted by molar-refractivity contribution is 5.76. The van der Waals surface area contributed by atoms with Gasteiger partial charge in [-0.15, -0.1) is 0 Å². The molecular formula is C30H38. The molecule has 0 unspecified atom stereocenters. The third-order valence-corrected chi connectivity index (χ3v) is 6.10. The third-order valence-electron chi connectivity index (χ3n) is 6.10. The van der Waals surface area contributed by atoms with Gasteiger partial charge >= 0.3 is 0 Å². The summed E-state index contributed by atoms with van der Waals surface area (Å²) in [5.74, 6) is 0. The molecule has 0 aliphatic carbocycles. The van der Waals surface area contributed by atoms with Gasteiger partial charge in [0.1, 0.15) is 0 Å². The molecule has 0 atom stereocenters. The van der Waals surface area contributed by atoms with Crippen molar-refractivity contribution in [3.63, 3.8) is 0 Å². The van der Waals surface area contributed by atoms with Crippen LogP contribution >= 0.6 is 0 Å². The molecule has 0 heterocycles. The van der Waals surface area contributed by atoms with Gasteiger partial charge in [0.15, 0.2) is 0 Å². The zero-order valence-corrected chi connectivity index (χ0v) is 19.0. The molecule has 0 radical (unpaired) electrons. The number of benzene rings is 3. The summed E-state index contributed by atoms with van der Waals surface area (Å²) in [7, 11) is 0. The predicted molar refractivity (Wildman–Crippen MR) is 133 cm³/mol. The SMILES string of the molecule is CCCCCCc1cc(-c2ccccc2)c(CCCCCC)cc1-c1ccccc1. The normalized spacial score (nSPS) is 11.0. The molecule has 3 aromatic rings. The van der Waals surface area contributed by atoms with E-state index in [1.165, 1.54) is 97.6 Å². The molecule has 0 spiro atoms. The molecule has 0 aromatic heterocycles. The molecule has 158 valence electrons. The van der Waals surface area contributed by atoms with Crippen LogP contribution in [-0.4, -0.2) is 0 Å². The van der Waals surface area contributed by atoms with E-state index >= 15 is 0 Å². The second-order valence-electron chi connectivity index (χ2n) is 8.52. The minimum absolute atomic E-state index is 1.17. The average molecular weight is 399 g/mol. The summed E-state index contributed by atoms with van der Waals surface area (Å²) in [5, 5.41) is 0. The van der Waals surface area contributed by atoms with E-state index in [1.54, 1.807) is 0 Å². The molecule has 30 heavy (non-hydrogen) atoms. The van der Waals surface area contributed by atoms with Crippen LogP contribution in [0.5, 0.6) is 0 Å². The Balaban J connectivity index is 2.00. The topological polar surface area (TPSA) is 0 Å². The zero-order chi connectivity index (χ0) is 21.0. The Bertz CT molecular complexity index is 786. The minimum atomic E-state index is 1.17. The molecule has 0 amide bonds. The largest absolute Gasteiger partial charge is 0.0654 e. The number of hydrogen-bond acceptors (Lipinski definition) is 0. The van der Waals surface area contributed by atoms with Crippen molar-refractivity contribution in [3.05, 3.63) is 83.9 Å².